The van der Waals surface area contributed by atoms with Gasteiger partial charge in [0.25, 0.3) is 0 Å². The summed E-state index contributed by atoms with van der Waals surface area (Å²) < 4.78 is 1.17. The average Bonchev–Trinajstić information content (AvgIpc) is 2.83. The number of aromatic nitrogens is 1. The van der Waals surface area contributed by atoms with E-state index in [1.807, 2.05) is 18.2 Å². The van der Waals surface area contributed by atoms with Crippen molar-refractivity contribution in [3.8, 4) is 0 Å². The zero-order valence-electron chi connectivity index (χ0n) is 11.2. The molecule has 2 N–H and O–H groups in total. The molecule has 3 rings (SSSR count). The third-order valence-corrected chi connectivity index (χ3v) is 4.80. The summed E-state index contributed by atoms with van der Waals surface area (Å²) in [6, 6.07) is 8.03. The molecule has 1 aliphatic carbocycles. The number of fused-ring (bicyclic) bond motifs is 1. The second-order valence-corrected chi connectivity index (χ2v) is 6.49. The van der Waals surface area contributed by atoms with Gasteiger partial charge in [0.2, 0.25) is 5.91 Å². The molecule has 0 bridgehead atoms. The van der Waals surface area contributed by atoms with Crippen LogP contribution >= 0.6 is 11.3 Å². The summed E-state index contributed by atoms with van der Waals surface area (Å²) in [5, 5.41) is 13.1. The Labute approximate surface area is 121 Å². The quantitative estimate of drug-likeness (QED) is 0.886. The molecular formula is C15H18N2O2S. The van der Waals surface area contributed by atoms with Gasteiger partial charge in [-0.25, -0.2) is 4.98 Å². The largest absolute Gasteiger partial charge is 0.393 e. The van der Waals surface area contributed by atoms with Gasteiger partial charge in [-0.2, -0.15) is 0 Å². The van der Waals surface area contributed by atoms with E-state index in [9.17, 15) is 9.90 Å². The van der Waals surface area contributed by atoms with Gasteiger partial charge in [-0.1, -0.05) is 12.1 Å². The summed E-state index contributed by atoms with van der Waals surface area (Å²) in [7, 11) is 0. The van der Waals surface area contributed by atoms with Gasteiger partial charge in [-0.05, 0) is 30.9 Å². The molecule has 1 fully saturated rings. The lowest BCUT2D eigenvalue weighted by molar-refractivity contribution is -0.121. The molecule has 106 valence electrons. The molecule has 5 heteroatoms. The van der Waals surface area contributed by atoms with E-state index in [0.717, 1.165) is 23.4 Å². The Morgan fingerprint density at radius 3 is 2.95 bits per heavy atom. The van der Waals surface area contributed by atoms with E-state index in [1.165, 1.54) is 4.70 Å². The average molecular weight is 290 g/mol. The zero-order valence-corrected chi connectivity index (χ0v) is 12.0. The number of amides is 1. The first-order valence-corrected chi connectivity index (χ1v) is 7.81. The van der Waals surface area contributed by atoms with Crippen molar-refractivity contribution in [2.75, 3.05) is 6.54 Å². The fourth-order valence-corrected chi connectivity index (χ4v) is 3.43. The van der Waals surface area contributed by atoms with E-state index in [1.54, 1.807) is 11.3 Å². The van der Waals surface area contributed by atoms with Crippen LogP contribution in [0.3, 0.4) is 0 Å². The molecule has 4 nitrogen and oxygen atoms in total. The van der Waals surface area contributed by atoms with Gasteiger partial charge in [-0.15, -0.1) is 11.3 Å². The van der Waals surface area contributed by atoms with Crippen LogP contribution in [0.1, 0.15) is 24.3 Å². The van der Waals surface area contributed by atoms with Crippen molar-refractivity contribution in [1.82, 2.24) is 10.3 Å². The summed E-state index contributed by atoms with van der Waals surface area (Å²) in [4.78, 5) is 16.3. The van der Waals surface area contributed by atoms with Crippen LogP contribution in [0.15, 0.2) is 24.3 Å². The molecule has 0 spiro atoms. The molecule has 1 amide bonds. The number of hydrogen-bond donors (Lipinski definition) is 2. The van der Waals surface area contributed by atoms with Crippen LogP contribution in [-0.2, 0) is 11.2 Å². The van der Waals surface area contributed by atoms with Crippen molar-refractivity contribution in [3.63, 3.8) is 0 Å². The number of benzene rings is 1. The Balaban J connectivity index is 1.45. The van der Waals surface area contributed by atoms with E-state index in [-0.39, 0.29) is 12.0 Å². The number of carbonyl (C=O) groups excluding carboxylic acids is 1. The van der Waals surface area contributed by atoms with E-state index >= 15 is 0 Å². The lowest BCUT2D eigenvalue weighted by Crippen LogP contribution is -2.38. The molecule has 20 heavy (non-hydrogen) atoms. The summed E-state index contributed by atoms with van der Waals surface area (Å²) in [6.45, 7) is 0.690. The van der Waals surface area contributed by atoms with Crippen molar-refractivity contribution >= 4 is 27.5 Å². The minimum Gasteiger partial charge on any atom is -0.393 e. The van der Waals surface area contributed by atoms with Crippen LogP contribution in [0.5, 0.6) is 0 Å². The summed E-state index contributed by atoms with van der Waals surface area (Å²) in [5.41, 5.74) is 1.01. The Hall–Kier alpha value is -1.46. The highest BCUT2D eigenvalue weighted by Gasteiger charge is 2.27. The monoisotopic (exact) mass is 290 g/mol. The van der Waals surface area contributed by atoms with Crippen molar-refractivity contribution in [3.05, 3.63) is 29.3 Å². The Morgan fingerprint density at radius 2 is 2.20 bits per heavy atom. The maximum absolute atomic E-state index is 11.8. The number of aryl methyl sites for hydroxylation is 1. The first kappa shape index (κ1) is 13.5. The van der Waals surface area contributed by atoms with Crippen molar-refractivity contribution in [2.45, 2.75) is 31.8 Å². The van der Waals surface area contributed by atoms with E-state index in [0.29, 0.717) is 25.3 Å². The van der Waals surface area contributed by atoms with Gasteiger partial charge in [0.15, 0.2) is 0 Å². The lowest BCUT2D eigenvalue weighted by atomic mass is 9.82. The zero-order chi connectivity index (χ0) is 13.9. The highest BCUT2D eigenvalue weighted by atomic mass is 32.1. The van der Waals surface area contributed by atoms with Crippen molar-refractivity contribution in [2.24, 2.45) is 5.92 Å². The van der Waals surface area contributed by atoms with Gasteiger partial charge < -0.3 is 10.4 Å². The van der Waals surface area contributed by atoms with E-state index in [4.69, 9.17) is 0 Å². The molecule has 1 aromatic carbocycles. The normalized spacial score (nSPS) is 21.6. The topological polar surface area (TPSA) is 62.2 Å². The lowest BCUT2D eigenvalue weighted by Gasteiger charge is -2.31. The SMILES string of the molecule is O=C(CCc1nc2ccccc2s1)NCC1CC(O)C1. The highest BCUT2D eigenvalue weighted by Crippen LogP contribution is 2.26. The van der Waals surface area contributed by atoms with Crippen LogP contribution in [0, 0.1) is 5.92 Å². The third kappa shape index (κ3) is 3.16. The van der Waals surface area contributed by atoms with Gasteiger partial charge in [0.05, 0.1) is 21.3 Å². The first-order chi connectivity index (χ1) is 9.70. The number of carbonyl (C=O) groups is 1. The molecule has 0 radical (unpaired) electrons. The van der Waals surface area contributed by atoms with Crippen LogP contribution in [0.2, 0.25) is 0 Å². The molecule has 1 aromatic heterocycles. The maximum Gasteiger partial charge on any atom is 0.220 e. The number of thiazole rings is 1. The molecule has 0 saturated heterocycles. The smallest absolute Gasteiger partial charge is 0.220 e. The number of rotatable bonds is 5. The second-order valence-electron chi connectivity index (χ2n) is 5.37. The first-order valence-electron chi connectivity index (χ1n) is 7.00. The van der Waals surface area contributed by atoms with Crippen LogP contribution < -0.4 is 5.32 Å². The van der Waals surface area contributed by atoms with Gasteiger partial charge in [0, 0.05) is 19.4 Å². The summed E-state index contributed by atoms with van der Waals surface area (Å²) >= 11 is 1.66. The predicted molar refractivity (Wildman–Crippen MR) is 79.7 cm³/mol. The minimum absolute atomic E-state index is 0.0747. The number of hydrogen-bond acceptors (Lipinski definition) is 4. The molecule has 0 unspecified atom stereocenters. The van der Waals surface area contributed by atoms with E-state index < -0.39 is 0 Å². The van der Waals surface area contributed by atoms with Crippen molar-refractivity contribution < 1.29 is 9.90 Å². The fraction of sp³-hybridized carbons (Fsp3) is 0.467. The molecule has 0 aliphatic heterocycles. The predicted octanol–water partition coefficient (Wildman–Crippen LogP) is 2.12. The number of aliphatic hydroxyl groups excluding tert-OH is 1. The standard InChI is InChI=1S/C15H18N2O2S/c18-11-7-10(8-11)9-16-14(19)5-6-15-17-12-3-1-2-4-13(12)20-15/h1-4,10-11,18H,5-9H2,(H,16,19). The number of nitrogens with zero attached hydrogens (tertiary/aromatic N) is 1. The molecule has 1 saturated carbocycles. The number of aliphatic hydroxyl groups is 1. The van der Waals surface area contributed by atoms with Crippen LogP contribution in [0.4, 0.5) is 0 Å². The van der Waals surface area contributed by atoms with Crippen LogP contribution in [-0.4, -0.2) is 28.6 Å². The molecule has 0 atom stereocenters. The Bertz CT molecular complexity index is 572. The number of para-hydroxylation sites is 1. The third-order valence-electron chi connectivity index (χ3n) is 3.70. The molecule has 2 aromatic rings. The fourth-order valence-electron chi connectivity index (χ4n) is 2.46. The number of nitrogens with one attached hydrogen (secondary N) is 1. The minimum atomic E-state index is -0.153. The Kier molecular flexibility index (Phi) is 3.98. The molecule has 1 heterocycles. The van der Waals surface area contributed by atoms with Crippen LogP contribution in [0.25, 0.3) is 10.2 Å². The van der Waals surface area contributed by atoms with Gasteiger partial charge >= 0.3 is 0 Å². The second kappa shape index (κ2) is 5.89. The highest BCUT2D eigenvalue weighted by molar-refractivity contribution is 7.18. The maximum atomic E-state index is 11.8. The van der Waals surface area contributed by atoms with E-state index in [2.05, 4.69) is 16.4 Å². The Morgan fingerprint density at radius 1 is 1.40 bits per heavy atom. The van der Waals surface area contributed by atoms with Gasteiger partial charge in [-0.3, -0.25) is 4.79 Å². The summed E-state index contributed by atoms with van der Waals surface area (Å²) in [6.07, 6.45) is 2.66. The molecule has 1 aliphatic rings. The molecular weight excluding hydrogens is 272 g/mol. The summed E-state index contributed by atoms with van der Waals surface area (Å²) in [5.74, 6) is 0.530. The van der Waals surface area contributed by atoms with Crippen molar-refractivity contribution in [1.29, 1.82) is 0 Å². The van der Waals surface area contributed by atoms with Gasteiger partial charge in [0.1, 0.15) is 0 Å².